The van der Waals surface area contributed by atoms with Crippen LogP contribution < -0.4 is 5.73 Å². The van der Waals surface area contributed by atoms with E-state index >= 15 is 0 Å². The molecule has 0 heterocycles. The molecule has 2 N–H and O–H groups in total. The van der Waals surface area contributed by atoms with Gasteiger partial charge in [0.05, 0.1) is 0 Å². The Morgan fingerprint density at radius 1 is 1.19 bits per heavy atom. The van der Waals surface area contributed by atoms with Crippen LogP contribution in [0.1, 0.15) is 37.7 Å². The van der Waals surface area contributed by atoms with Gasteiger partial charge >= 0.3 is 0 Å². The lowest BCUT2D eigenvalue weighted by Gasteiger charge is -2.28. The van der Waals surface area contributed by atoms with Gasteiger partial charge in [0.15, 0.2) is 0 Å². The molecule has 2 saturated carbocycles. The van der Waals surface area contributed by atoms with Gasteiger partial charge in [-0.3, -0.25) is 0 Å². The first kappa shape index (κ1) is 15.1. The van der Waals surface area contributed by atoms with E-state index in [9.17, 15) is 0 Å². The van der Waals surface area contributed by atoms with Gasteiger partial charge in [0.1, 0.15) is 0 Å². The van der Waals surface area contributed by atoms with Gasteiger partial charge in [-0.05, 0) is 62.5 Å². The minimum atomic E-state index is 0.300. The number of benzene rings is 1. The summed E-state index contributed by atoms with van der Waals surface area (Å²) < 4.78 is 0. The van der Waals surface area contributed by atoms with Crippen molar-refractivity contribution in [3.05, 3.63) is 35.9 Å². The second kappa shape index (κ2) is 6.93. The summed E-state index contributed by atoms with van der Waals surface area (Å²) in [5.74, 6) is 3.04. The van der Waals surface area contributed by atoms with Crippen molar-refractivity contribution in [2.45, 2.75) is 44.6 Å². The highest BCUT2D eigenvalue weighted by molar-refractivity contribution is 5.14. The van der Waals surface area contributed by atoms with Crippen LogP contribution in [0.2, 0.25) is 0 Å². The molecule has 2 nitrogen and oxygen atoms in total. The molecule has 4 unspecified atom stereocenters. The van der Waals surface area contributed by atoms with E-state index in [-0.39, 0.29) is 0 Å². The Balaban J connectivity index is 1.37. The van der Waals surface area contributed by atoms with Crippen LogP contribution >= 0.6 is 0 Å². The van der Waals surface area contributed by atoms with Crippen molar-refractivity contribution in [3.8, 4) is 0 Å². The smallest absolute Gasteiger partial charge is 0.0170 e. The van der Waals surface area contributed by atoms with Crippen molar-refractivity contribution in [2.75, 3.05) is 20.1 Å². The molecule has 1 aromatic carbocycles. The third kappa shape index (κ3) is 4.08. The fourth-order valence-corrected chi connectivity index (χ4v) is 4.56. The van der Waals surface area contributed by atoms with Gasteiger partial charge in [-0.1, -0.05) is 36.8 Å². The fourth-order valence-electron chi connectivity index (χ4n) is 4.56. The average molecular weight is 286 g/mol. The Morgan fingerprint density at radius 2 is 2.00 bits per heavy atom. The number of hydrogen-bond acceptors (Lipinski definition) is 2. The zero-order valence-corrected chi connectivity index (χ0v) is 13.4. The Bertz CT molecular complexity index is 430. The van der Waals surface area contributed by atoms with Gasteiger partial charge in [-0.25, -0.2) is 0 Å². The fraction of sp³-hybridized carbons (Fsp3) is 0.684. The molecular weight excluding hydrogens is 256 g/mol. The van der Waals surface area contributed by atoms with Crippen LogP contribution in [0.3, 0.4) is 0 Å². The average Bonchev–Trinajstić information content (AvgIpc) is 3.08. The molecule has 2 aliphatic carbocycles. The summed E-state index contributed by atoms with van der Waals surface area (Å²) in [5, 5.41) is 0. The van der Waals surface area contributed by atoms with Crippen molar-refractivity contribution in [1.29, 1.82) is 0 Å². The molecule has 0 saturated heterocycles. The highest BCUT2D eigenvalue weighted by Crippen LogP contribution is 2.48. The van der Waals surface area contributed by atoms with Crippen LogP contribution in [0.4, 0.5) is 0 Å². The number of fused-ring (bicyclic) bond motifs is 2. The number of likely N-dealkylation sites (N-methyl/N-ethyl adjacent to an activating group) is 1. The van der Waals surface area contributed by atoms with Gasteiger partial charge in [-0.15, -0.1) is 0 Å². The first-order valence-corrected chi connectivity index (χ1v) is 8.68. The SMILES string of the molecule is CN(CC(N)CCc1ccccc1)CC1CC2CCC1C2. The Hall–Kier alpha value is -0.860. The maximum absolute atomic E-state index is 6.33. The van der Waals surface area contributed by atoms with Crippen molar-refractivity contribution in [2.24, 2.45) is 23.5 Å². The summed E-state index contributed by atoms with van der Waals surface area (Å²) in [6.07, 6.45) is 8.17. The molecule has 3 rings (SSSR count). The van der Waals surface area contributed by atoms with Crippen LogP contribution in [-0.4, -0.2) is 31.1 Å². The molecule has 2 aliphatic rings. The molecule has 2 bridgehead atoms. The Labute approximate surface area is 129 Å². The minimum Gasteiger partial charge on any atom is -0.327 e. The van der Waals surface area contributed by atoms with E-state index in [1.54, 1.807) is 0 Å². The van der Waals surface area contributed by atoms with Gasteiger partial charge in [0.2, 0.25) is 0 Å². The summed E-state index contributed by atoms with van der Waals surface area (Å²) in [6.45, 7) is 2.31. The van der Waals surface area contributed by atoms with Crippen molar-refractivity contribution >= 4 is 0 Å². The van der Waals surface area contributed by atoms with Crippen LogP contribution in [0.15, 0.2) is 30.3 Å². The third-order valence-corrected chi connectivity index (χ3v) is 5.62. The van der Waals surface area contributed by atoms with E-state index in [1.165, 1.54) is 37.8 Å². The number of nitrogens with zero attached hydrogens (tertiary/aromatic N) is 1. The highest BCUT2D eigenvalue weighted by atomic mass is 15.1. The molecule has 2 heteroatoms. The largest absolute Gasteiger partial charge is 0.327 e. The lowest BCUT2D eigenvalue weighted by atomic mass is 9.88. The zero-order valence-electron chi connectivity index (χ0n) is 13.4. The van der Waals surface area contributed by atoms with Crippen LogP contribution in [0, 0.1) is 17.8 Å². The second-order valence-corrected chi connectivity index (χ2v) is 7.44. The van der Waals surface area contributed by atoms with Gasteiger partial charge in [-0.2, -0.15) is 0 Å². The molecule has 2 fully saturated rings. The van der Waals surface area contributed by atoms with Crippen molar-refractivity contribution in [1.82, 2.24) is 4.90 Å². The van der Waals surface area contributed by atoms with E-state index < -0.39 is 0 Å². The monoisotopic (exact) mass is 286 g/mol. The molecule has 21 heavy (non-hydrogen) atoms. The number of nitrogens with two attached hydrogens (primary N) is 1. The molecule has 116 valence electrons. The Kier molecular flexibility index (Phi) is 4.97. The number of rotatable bonds is 7. The molecule has 4 atom stereocenters. The van der Waals surface area contributed by atoms with E-state index in [1.807, 2.05) is 0 Å². The predicted molar refractivity (Wildman–Crippen MR) is 89.2 cm³/mol. The van der Waals surface area contributed by atoms with Gasteiger partial charge in [0.25, 0.3) is 0 Å². The van der Waals surface area contributed by atoms with E-state index in [2.05, 4.69) is 42.3 Å². The molecule has 0 amide bonds. The van der Waals surface area contributed by atoms with E-state index in [4.69, 9.17) is 5.73 Å². The van der Waals surface area contributed by atoms with Crippen LogP contribution in [0.25, 0.3) is 0 Å². The quantitative estimate of drug-likeness (QED) is 0.833. The summed E-state index contributed by atoms with van der Waals surface area (Å²) >= 11 is 0. The number of hydrogen-bond donors (Lipinski definition) is 1. The highest BCUT2D eigenvalue weighted by Gasteiger charge is 2.39. The number of aryl methyl sites for hydroxylation is 1. The second-order valence-electron chi connectivity index (χ2n) is 7.44. The van der Waals surface area contributed by atoms with Crippen molar-refractivity contribution in [3.63, 3.8) is 0 Å². The normalized spacial score (nSPS) is 29.2. The zero-order chi connectivity index (χ0) is 14.7. The van der Waals surface area contributed by atoms with E-state index in [0.717, 1.165) is 37.1 Å². The molecule has 1 aromatic rings. The van der Waals surface area contributed by atoms with Crippen LogP contribution in [0.5, 0.6) is 0 Å². The van der Waals surface area contributed by atoms with Crippen molar-refractivity contribution < 1.29 is 0 Å². The predicted octanol–water partition coefficient (Wildman–Crippen LogP) is 3.31. The standard InChI is InChI=1S/C19H30N2/c1-21(13-18-12-16-7-9-17(18)11-16)14-19(20)10-8-15-5-3-2-4-6-15/h2-6,16-19H,7-14,20H2,1H3. The lowest BCUT2D eigenvalue weighted by molar-refractivity contribution is 0.209. The lowest BCUT2D eigenvalue weighted by Crippen LogP contribution is -2.38. The van der Waals surface area contributed by atoms with Crippen LogP contribution in [-0.2, 0) is 6.42 Å². The summed E-state index contributed by atoms with van der Waals surface area (Å²) in [5.41, 5.74) is 7.74. The van der Waals surface area contributed by atoms with Gasteiger partial charge < -0.3 is 10.6 Å². The molecular formula is C19H30N2. The summed E-state index contributed by atoms with van der Waals surface area (Å²) in [7, 11) is 2.26. The third-order valence-electron chi connectivity index (χ3n) is 5.62. The van der Waals surface area contributed by atoms with Gasteiger partial charge in [0, 0.05) is 19.1 Å². The Morgan fingerprint density at radius 3 is 2.67 bits per heavy atom. The topological polar surface area (TPSA) is 29.3 Å². The molecule has 0 aromatic heterocycles. The summed E-state index contributed by atoms with van der Waals surface area (Å²) in [6, 6.07) is 11.0. The summed E-state index contributed by atoms with van der Waals surface area (Å²) in [4.78, 5) is 2.49. The molecule has 0 aliphatic heterocycles. The first-order chi connectivity index (χ1) is 10.2. The first-order valence-electron chi connectivity index (χ1n) is 8.68. The van der Waals surface area contributed by atoms with E-state index in [0.29, 0.717) is 6.04 Å². The molecule has 0 radical (unpaired) electrons. The minimum absolute atomic E-state index is 0.300. The maximum atomic E-state index is 6.33. The molecule has 0 spiro atoms. The maximum Gasteiger partial charge on any atom is 0.0170 e.